The number of amides is 1. The molecule has 0 aliphatic rings. The Bertz CT molecular complexity index is 681. The van der Waals surface area contributed by atoms with E-state index in [4.69, 9.17) is 5.11 Å². The first-order valence-electron chi connectivity index (χ1n) is 6.40. The number of carbonyl (C=O) groups excluding carboxylic acids is 1. The molecule has 21 heavy (non-hydrogen) atoms. The third-order valence-corrected chi connectivity index (χ3v) is 3.01. The highest BCUT2D eigenvalue weighted by molar-refractivity contribution is 6.07. The smallest absolute Gasteiger partial charge is 0.335 e. The number of anilines is 2. The van der Waals surface area contributed by atoms with Gasteiger partial charge >= 0.3 is 5.97 Å². The summed E-state index contributed by atoms with van der Waals surface area (Å²) in [6.45, 7) is 0. The molecular formula is C16H16N2O3. The van der Waals surface area contributed by atoms with Gasteiger partial charge in [-0.2, -0.15) is 0 Å². The van der Waals surface area contributed by atoms with Crippen molar-refractivity contribution in [3.05, 3.63) is 59.7 Å². The van der Waals surface area contributed by atoms with Crippen LogP contribution in [-0.4, -0.2) is 31.1 Å². The summed E-state index contributed by atoms with van der Waals surface area (Å²) in [6.07, 6.45) is 0. The number of hydrogen-bond acceptors (Lipinski definition) is 3. The molecule has 0 unspecified atom stereocenters. The molecule has 0 bridgehead atoms. The Morgan fingerprint density at radius 1 is 1.00 bits per heavy atom. The molecule has 108 valence electrons. The largest absolute Gasteiger partial charge is 0.478 e. The number of hydrogen-bond donors (Lipinski definition) is 2. The number of carbonyl (C=O) groups is 2. The standard InChI is InChI=1S/C16H16N2O3/c1-18(2)14-9-4-3-8-13(14)17-15(19)11-6-5-7-12(10-11)16(20)21/h3-10H,1-2H3,(H,17,19)(H,20,21). The zero-order chi connectivity index (χ0) is 15.4. The molecule has 2 N–H and O–H groups in total. The van der Waals surface area contributed by atoms with E-state index in [1.54, 1.807) is 18.2 Å². The van der Waals surface area contributed by atoms with Gasteiger partial charge in [-0.15, -0.1) is 0 Å². The molecule has 2 aromatic carbocycles. The number of aromatic carboxylic acids is 1. The fraction of sp³-hybridized carbons (Fsp3) is 0.125. The average Bonchev–Trinajstić information content (AvgIpc) is 2.47. The Kier molecular flexibility index (Phi) is 4.23. The predicted octanol–water partition coefficient (Wildman–Crippen LogP) is 2.70. The SMILES string of the molecule is CN(C)c1ccccc1NC(=O)c1cccc(C(=O)O)c1. The molecule has 5 heteroatoms. The van der Waals surface area contributed by atoms with Crippen molar-refractivity contribution in [1.29, 1.82) is 0 Å². The second-order valence-electron chi connectivity index (χ2n) is 4.75. The van der Waals surface area contributed by atoms with E-state index in [0.717, 1.165) is 5.69 Å². The van der Waals surface area contributed by atoms with Crippen LogP contribution in [0.1, 0.15) is 20.7 Å². The molecule has 0 spiro atoms. The minimum Gasteiger partial charge on any atom is -0.478 e. The molecule has 0 radical (unpaired) electrons. The number of para-hydroxylation sites is 2. The Hall–Kier alpha value is -2.82. The lowest BCUT2D eigenvalue weighted by atomic mass is 10.1. The Morgan fingerprint density at radius 3 is 2.33 bits per heavy atom. The van der Waals surface area contributed by atoms with Gasteiger partial charge in [0.1, 0.15) is 0 Å². The van der Waals surface area contributed by atoms with Crippen LogP contribution in [0.4, 0.5) is 11.4 Å². The van der Waals surface area contributed by atoms with Crippen LogP contribution < -0.4 is 10.2 Å². The quantitative estimate of drug-likeness (QED) is 0.905. The van der Waals surface area contributed by atoms with Crippen LogP contribution in [0.25, 0.3) is 0 Å². The molecule has 0 aliphatic carbocycles. The summed E-state index contributed by atoms with van der Waals surface area (Å²) in [5.74, 6) is -1.40. The lowest BCUT2D eigenvalue weighted by molar-refractivity contribution is 0.0697. The van der Waals surface area contributed by atoms with Gasteiger partial charge in [0.2, 0.25) is 0 Å². The van der Waals surface area contributed by atoms with Crippen LogP contribution in [0.15, 0.2) is 48.5 Å². The topological polar surface area (TPSA) is 69.6 Å². The van der Waals surface area contributed by atoms with E-state index in [-0.39, 0.29) is 11.5 Å². The van der Waals surface area contributed by atoms with Gasteiger partial charge in [0, 0.05) is 19.7 Å². The third kappa shape index (κ3) is 3.39. The molecule has 0 heterocycles. The summed E-state index contributed by atoms with van der Waals surface area (Å²) >= 11 is 0. The van der Waals surface area contributed by atoms with Crippen LogP contribution in [0.5, 0.6) is 0 Å². The van der Waals surface area contributed by atoms with Crippen molar-refractivity contribution in [2.75, 3.05) is 24.3 Å². The molecule has 1 amide bonds. The molecule has 0 atom stereocenters. The second kappa shape index (κ2) is 6.09. The van der Waals surface area contributed by atoms with Gasteiger partial charge in [-0.25, -0.2) is 4.79 Å². The number of benzene rings is 2. The first-order valence-corrected chi connectivity index (χ1v) is 6.40. The van der Waals surface area contributed by atoms with E-state index in [2.05, 4.69) is 5.32 Å². The minimum atomic E-state index is -1.06. The summed E-state index contributed by atoms with van der Waals surface area (Å²) in [5, 5.41) is 11.8. The molecule has 0 saturated heterocycles. The molecular weight excluding hydrogens is 268 g/mol. The van der Waals surface area contributed by atoms with Crippen molar-refractivity contribution in [3.63, 3.8) is 0 Å². The summed E-state index contributed by atoms with van der Waals surface area (Å²) in [4.78, 5) is 25.1. The summed E-state index contributed by atoms with van der Waals surface area (Å²) < 4.78 is 0. The van der Waals surface area contributed by atoms with Crippen molar-refractivity contribution < 1.29 is 14.7 Å². The Balaban J connectivity index is 2.26. The molecule has 2 rings (SSSR count). The van der Waals surface area contributed by atoms with Gasteiger partial charge in [0.15, 0.2) is 0 Å². The Labute approximate surface area is 122 Å². The lowest BCUT2D eigenvalue weighted by Crippen LogP contribution is -2.17. The van der Waals surface area contributed by atoms with E-state index in [1.165, 1.54) is 12.1 Å². The molecule has 2 aromatic rings. The summed E-state index contributed by atoms with van der Waals surface area (Å²) in [6, 6.07) is 13.4. The van der Waals surface area contributed by atoms with Gasteiger partial charge in [0.25, 0.3) is 5.91 Å². The van der Waals surface area contributed by atoms with Gasteiger partial charge in [-0.05, 0) is 30.3 Å². The third-order valence-electron chi connectivity index (χ3n) is 3.01. The van der Waals surface area contributed by atoms with E-state index < -0.39 is 5.97 Å². The molecule has 0 fully saturated rings. The van der Waals surface area contributed by atoms with Crippen LogP contribution in [0.3, 0.4) is 0 Å². The molecule has 0 aliphatic heterocycles. The van der Waals surface area contributed by atoms with Crippen molar-refractivity contribution in [1.82, 2.24) is 0 Å². The van der Waals surface area contributed by atoms with E-state index >= 15 is 0 Å². The zero-order valence-corrected chi connectivity index (χ0v) is 11.8. The second-order valence-corrected chi connectivity index (χ2v) is 4.75. The number of carboxylic acid groups (broad SMARTS) is 1. The predicted molar refractivity (Wildman–Crippen MR) is 82.1 cm³/mol. The normalized spacial score (nSPS) is 10.0. The van der Waals surface area contributed by atoms with Gasteiger partial charge < -0.3 is 15.3 Å². The summed E-state index contributed by atoms with van der Waals surface area (Å²) in [5.41, 5.74) is 1.94. The first kappa shape index (κ1) is 14.6. The number of nitrogens with one attached hydrogen (secondary N) is 1. The first-order chi connectivity index (χ1) is 9.99. The van der Waals surface area contributed by atoms with E-state index in [0.29, 0.717) is 11.3 Å². The number of rotatable bonds is 4. The van der Waals surface area contributed by atoms with Crippen LogP contribution in [0, 0.1) is 0 Å². The maximum Gasteiger partial charge on any atom is 0.335 e. The fourth-order valence-electron chi connectivity index (χ4n) is 1.96. The monoisotopic (exact) mass is 284 g/mol. The van der Waals surface area contributed by atoms with Crippen LogP contribution in [-0.2, 0) is 0 Å². The van der Waals surface area contributed by atoms with Crippen molar-refractivity contribution in [3.8, 4) is 0 Å². The highest BCUT2D eigenvalue weighted by Crippen LogP contribution is 2.24. The van der Waals surface area contributed by atoms with Crippen molar-refractivity contribution >= 4 is 23.3 Å². The van der Waals surface area contributed by atoms with Crippen LogP contribution >= 0.6 is 0 Å². The maximum absolute atomic E-state index is 12.2. The zero-order valence-electron chi connectivity index (χ0n) is 11.8. The van der Waals surface area contributed by atoms with Crippen LogP contribution in [0.2, 0.25) is 0 Å². The van der Waals surface area contributed by atoms with Crippen molar-refractivity contribution in [2.45, 2.75) is 0 Å². The summed E-state index contributed by atoms with van der Waals surface area (Å²) in [7, 11) is 3.77. The van der Waals surface area contributed by atoms with Gasteiger partial charge in [-0.1, -0.05) is 18.2 Å². The average molecular weight is 284 g/mol. The highest BCUT2D eigenvalue weighted by atomic mass is 16.4. The van der Waals surface area contributed by atoms with Gasteiger partial charge in [-0.3, -0.25) is 4.79 Å². The van der Waals surface area contributed by atoms with E-state index in [9.17, 15) is 9.59 Å². The Morgan fingerprint density at radius 2 is 1.67 bits per heavy atom. The lowest BCUT2D eigenvalue weighted by Gasteiger charge is -2.17. The van der Waals surface area contributed by atoms with Gasteiger partial charge in [0.05, 0.1) is 16.9 Å². The molecule has 0 saturated carbocycles. The maximum atomic E-state index is 12.2. The van der Waals surface area contributed by atoms with E-state index in [1.807, 2.05) is 37.2 Å². The molecule has 5 nitrogen and oxygen atoms in total. The van der Waals surface area contributed by atoms with Crippen molar-refractivity contribution in [2.24, 2.45) is 0 Å². The minimum absolute atomic E-state index is 0.0866. The number of carboxylic acids is 1. The molecule has 0 aromatic heterocycles. The fourth-order valence-corrected chi connectivity index (χ4v) is 1.96. The number of nitrogens with zero attached hydrogens (tertiary/aromatic N) is 1. The highest BCUT2D eigenvalue weighted by Gasteiger charge is 2.12.